The standard InChI is InChI=1S/C16H21N5OS/c22-15(20-5-1-2-6-20)12-19-7-9-21(10-8-19)16-18-13-11-17-4-3-14(13)23-16/h3-4,11H,1-2,5-10,12H2. The number of likely N-dealkylation sites (tertiary alicyclic amines) is 1. The highest BCUT2D eigenvalue weighted by molar-refractivity contribution is 7.22. The maximum absolute atomic E-state index is 12.2. The van der Waals surface area contributed by atoms with Crippen LogP contribution in [0.5, 0.6) is 0 Å². The minimum atomic E-state index is 0.294. The molecule has 2 saturated heterocycles. The molecule has 0 saturated carbocycles. The van der Waals surface area contributed by atoms with Gasteiger partial charge in [-0.3, -0.25) is 14.7 Å². The van der Waals surface area contributed by atoms with E-state index in [4.69, 9.17) is 0 Å². The van der Waals surface area contributed by atoms with Gasteiger partial charge in [-0.15, -0.1) is 0 Å². The zero-order valence-corrected chi connectivity index (χ0v) is 14.0. The van der Waals surface area contributed by atoms with Crippen molar-refractivity contribution in [1.29, 1.82) is 0 Å². The SMILES string of the molecule is O=C(CN1CCN(c2nc3cnccc3s2)CC1)N1CCCC1. The summed E-state index contributed by atoms with van der Waals surface area (Å²) in [5.74, 6) is 0.294. The van der Waals surface area contributed by atoms with Crippen molar-refractivity contribution in [1.82, 2.24) is 19.8 Å². The van der Waals surface area contributed by atoms with Crippen LogP contribution in [0.4, 0.5) is 5.13 Å². The lowest BCUT2D eigenvalue weighted by Gasteiger charge is -2.34. The average Bonchev–Trinajstić information content (AvgIpc) is 3.25. The number of anilines is 1. The Morgan fingerprint density at radius 3 is 2.65 bits per heavy atom. The summed E-state index contributed by atoms with van der Waals surface area (Å²) in [5, 5.41) is 1.07. The fraction of sp³-hybridized carbons (Fsp3) is 0.562. The van der Waals surface area contributed by atoms with E-state index in [2.05, 4.69) is 19.8 Å². The maximum atomic E-state index is 12.2. The first kappa shape index (κ1) is 14.8. The van der Waals surface area contributed by atoms with Gasteiger partial charge in [0.15, 0.2) is 5.13 Å². The van der Waals surface area contributed by atoms with Gasteiger partial charge in [-0.1, -0.05) is 11.3 Å². The summed E-state index contributed by atoms with van der Waals surface area (Å²) in [4.78, 5) is 27.6. The molecule has 0 radical (unpaired) electrons. The lowest BCUT2D eigenvalue weighted by Crippen LogP contribution is -2.49. The van der Waals surface area contributed by atoms with Crippen LogP contribution in [0.2, 0.25) is 0 Å². The van der Waals surface area contributed by atoms with Gasteiger partial charge in [0, 0.05) is 45.5 Å². The van der Waals surface area contributed by atoms with Crippen LogP contribution in [0.3, 0.4) is 0 Å². The number of thiazole rings is 1. The van der Waals surface area contributed by atoms with E-state index in [0.29, 0.717) is 12.5 Å². The molecule has 2 aromatic rings. The van der Waals surface area contributed by atoms with Crippen molar-refractivity contribution >= 4 is 32.6 Å². The normalized spacial score (nSPS) is 19.7. The Morgan fingerprint density at radius 1 is 1.13 bits per heavy atom. The molecule has 0 spiro atoms. The van der Waals surface area contributed by atoms with Crippen molar-refractivity contribution in [2.45, 2.75) is 12.8 Å². The number of piperazine rings is 1. The average molecular weight is 331 g/mol. The number of hydrogen-bond acceptors (Lipinski definition) is 6. The number of amides is 1. The minimum Gasteiger partial charge on any atom is -0.345 e. The highest BCUT2D eigenvalue weighted by Crippen LogP contribution is 2.28. The fourth-order valence-electron chi connectivity index (χ4n) is 3.26. The van der Waals surface area contributed by atoms with E-state index in [1.54, 1.807) is 11.3 Å². The third-order valence-corrected chi connectivity index (χ3v) is 5.74. The van der Waals surface area contributed by atoms with Crippen LogP contribution >= 0.6 is 11.3 Å². The molecule has 122 valence electrons. The number of fused-ring (bicyclic) bond motifs is 1. The molecule has 2 aromatic heterocycles. The minimum absolute atomic E-state index is 0.294. The Morgan fingerprint density at radius 2 is 1.91 bits per heavy atom. The van der Waals surface area contributed by atoms with Crippen molar-refractivity contribution in [3.8, 4) is 0 Å². The molecule has 7 heteroatoms. The van der Waals surface area contributed by atoms with Crippen molar-refractivity contribution < 1.29 is 4.79 Å². The molecule has 0 atom stereocenters. The van der Waals surface area contributed by atoms with Gasteiger partial charge in [-0.05, 0) is 18.9 Å². The molecule has 4 rings (SSSR count). The smallest absolute Gasteiger partial charge is 0.236 e. The van der Waals surface area contributed by atoms with Crippen molar-refractivity contribution in [2.75, 3.05) is 50.7 Å². The third kappa shape index (κ3) is 3.16. The lowest BCUT2D eigenvalue weighted by molar-refractivity contribution is -0.131. The molecule has 2 aliphatic rings. The Hall–Kier alpha value is -1.73. The van der Waals surface area contributed by atoms with Crippen molar-refractivity contribution in [2.24, 2.45) is 0 Å². The van der Waals surface area contributed by atoms with E-state index in [-0.39, 0.29) is 0 Å². The molecule has 6 nitrogen and oxygen atoms in total. The molecule has 0 aromatic carbocycles. The number of hydrogen-bond donors (Lipinski definition) is 0. The summed E-state index contributed by atoms with van der Waals surface area (Å²) in [5.41, 5.74) is 0.971. The van der Waals surface area contributed by atoms with Crippen LogP contribution in [0.1, 0.15) is 12.8 Å². The van der Waals surface area contributed by atoms with Crippen LogP contribution in [0.15, 0.2) is 18.5 Å². The number of carbonyl (C=O) groups excluding carboxylic acids is 1. The zero-order chi connectivity index (χ0) is 15.6. The topological polar surface area (TPSA) is 52.6 Å². The zero-order valence-electron chi connectivity index (χ0n) is 13.1. The first-order valence-corrected chi connectivity index (χ1v) is 9.07. The summed E-state index contributed by atoms with van der Waals surface area (Å²) in [6.07, 6.45) is 5.95. The Balaban J connectivity index is 1.34. The number of nitrogens with zero attached hydrogens (tertiary/aromatic N) is 5. The lowest BCUT2D eigenvalue weighted by atomic mass is 10.3. The predicted octanol–water partition coefficient (Wildman–Crippen LogP) is 1.44. The molecule has 23 heavy (non-hydrogen) atoms. The van der Waals surface area contributed by atoms with E-state index in [9.17, 15) is 4.79 Å². The van der Waals surface area contributed by atoms with Crippen LogP contribution < -0.4 is 4.90 Å². The predicted molar refractivity (Wildman–Crippen MR) is 91.9 cm³/mol. The summed E-state index contributed by atoms with van der Waals surface area (Å²) < 4.78 is 1.18. The van der Waals surface area contributed by atoms with E-state index < -0.39 is 0 Å². The molecule has 4 heterocycles. The second kappa shape index (κ2) is 6.41. The molecule has 0 aliphatic carbocycles. The molecule has 2 aliphatic heterocycles. The van der Waals surface area contributed by atoms with Gasteiger partial charge in [-0.2, -0.15) is 0 Å². The quantitative estimate of drug-likeness (QED) is 0.852. The third-order valence-electron chi connectivity index (χ3n) is 4.64. The highest BCUT2D eigenvalue weighted by atomic mass is 32.1. The second-order valence-corrected chi connectivity index (χ2v) is 7.20. The summed E-state index contributed by atoms with van der Waals surface area (Å²) >= 11 is 1.72. The largest absolute Gasteiger partial charge is 0.345 e. The van der Waals surface area contributed by atoms with Crippen molar-refractivity contribution in [3.63, 3.8) is 0 Å². The summed E-state index contributed by atoms with van der Waals surface area (Å²) in [6.45, 7) is 6.16. The van der Waals surface area contributed by atoms with E-state index in [1.807, 2.05) is 23.4 Å². The van der Waals surface area contributed by atoms with E-state index in [1.165, 1.54) is 4.70 Å². The van der Waals surface area contributed by atoms with E-state index in [0.717, 1.165) is 62.8 Å². The Kier molecular flexibility index (Phi) is 4.13. The highest BCUT2D eigenvalue weighted by Gasteiger charge is 2.24. The van der Waals surface area contributed by atoms with Gasteiger partial charge in [-0.25, -0.2) is 4.98 Å². The molecular weight excluding hydrogens is 310 g/mol. The number of carbonyl (C=O) groups is 1. The van der Waals surface area contributed by atoms with Gasteiger partial charge in [0.25, 0.3) is 0 Å². The molecule has 1 amide bonds. The second-order valence-electron chi connectivity index (χ2n) is 6.19. The van der Waals surface area contributed by atoms with Gasteiger partial charge in [0.2, 0.25) is 5.91 Å². The first-order valence-electron chi connectivity index (χ1n) is 8.25. The van der Waals surface area contributed by atoms with Gasteiger partial charge in [0.1, 0.15) is 5.52 Å². The number of aromatic nitrogens is 2. The van der Waals surface area contributed by atoms with Gasteiger partial charge >= 0.3 is 0 Å². The molecule has 0 bridgehead atoms. The molecule has 0 N–H and O–H groups in total. The maximum Gasteiger partial charge on any atom is 0.236 e. The van der Waals surface area contributed by atoms with Crippen molar-refractivity contribution in [3.05, 3.63) is 18.5 Å². The van der Waals surface area contributed by atoms with Crippen LogP contribution in [0.25, 0.3) is 10.2 Å². The molecule has 2 fully saturated rings. The number of pyridine rings is 1. The fourth-order valence-corrected chi connectivity index (χ4v) is 4.24. The Bertz CT molecular complexity index is 656. The monoisotopic (exact) mass is 331 g/mol. The van der Waals surface area contributed by atoms with Gasteiger partial charge < -0.3 is 9.80 Å². The van der Waals surface area contributed by atoms with Crippen LogP contribution in [0, 0.1) is 0 Å². The van der Waals surface area contributed by atoms with E-state index >= 15 is 0 Å². The van der Waals surface area contributed by atoms with Crippen LogP contribution in [-0.2, 0) is 4.79 Å². The first-order chi connectivity index (χ1) is 11.3. The molecule has 0 unspecified atom stereocenters. The number of rotatable bonds is 3. The summed E-state index contributed by atoms with van der Waals surface area (Å²) in [7, 11) is 0. The molecular formula is C16H21N5OS. The van der Waals surface area contributed by atoms with Gasteiger partial charge in [0.05, 0.1) is 17.4 Å². The Labute approximate surface area is 139 Å². The summed E-state index contributed by atoms with van der Waals surface area (Å²) in [6, 6.07) is 2.02. The van der Waals surface area contributed by atoms with Crippen LogP contribution in [-0.4, -0.2) is 71.5 Å².